The Bertz CT molecular complexity index is 1560. The summed E-state index contributed by atoms with van der Waals surface area (Å²) in [6, 6.07) is 10.5. The molecule has 3 aromatic rings. The summed E-state index contributed by atoms with van der Waals surface area (Å²) in [6.07, 6.45) is -0.859. The number of nitrogens with two attached hydrogens (primary N) is 1. The fourth-order valence-electron chi connectivity index (χ4n) is 4.55. The van der Waals surface area contributed by atoms with E-state index in [-0.39, 0.29) is 24.8 Å². The van der Waals surface area contributed by atoms with Gasteiger partial charge in [-0.05, 0) is 62.5 Å². The summed E-state index contributed by atoms with van der Waals surface area (Å²) in [5, 5.41) is 3.57. The number of carbonyl (C=O) groups is 3. The minimum atomic E-state index is -3.17. The molecule has 202 valence electrons. The number of anilines is 1. The molecule has 0 spiro atoms. The molecule has 1 atom stereocenters. The second-order valence-electron chi connectivity index (χ2n) is 10.8. The number of fused-ring (bicyclic) bond motifs is 4. The first-order chi connectivity index (χ1) is 17.6. The number of ketones is 1. The van der Waals surface area contributed by atoms with Gasteiger partial charge in [-0.15, -0.1) is 0 Å². The highest BCUT2D eigenvalue weighted by atomic mass is 32.2. The molecule has 1 unspecified atom stereocenters. The molecule has 1 aromatic heterocycles. The van der Waals surface area contributed by atoms with Crippen LogP contribution < -0.4 is 20.5 Å². The molecule has 11 heteroatoms. The number of ether oxygens (including phenoxy) is 1. The van der Waals surface area contributed by atoms with E-state index in [0.29, 0.717) is 22.4 Å². The number of H-pyrrole nitrogens is 1. The first kappa shape index (κ1) is 27.2. The van der Waals surface area contributed by atoms with Crippen molar-refractivity contribution in [3.05, 3.63) is 64.3 Å². The minimum Gasteiger partial charge on any atom is -0.443 e. The lowest BCUT2D eigenvalue weighted by atomic mass is 9.71. The molecule has 0 bridgehead atoms. The predicted molar refractivity (Wildman–Crippen MR) is 150 cm³/mol. The van der Waals surface area contributed by atoms with Gasteiger partial charge >= 0.3 is 6.09 Å². The number of amides is 2. The van der Waals surface area contributed by atoms with Gasteiger partial charge in [0.15, 0.2) is 5.78 Å². The number of carbonyl (C=O) groups excluding carboxylic acids is 3. The number of benzene rings is 2. The van der Waals surface area contributed by atoms with E-state index in [4.69, 9.17) is 10.5 Å². The van der Waals surface area contributed by atoms with E-state index in [9.17, 15) is 18.6 Å². The van der Waals surface area contributed by atoms with Gasteiger partial charge in [0.05, 0.1) is 5.56 Å². The van der Waals surface area contributed by atoms with Crippen LogP contribution >= 0.6 is 0 Å². The van der Waals surface area contributed by atoms with Gasteiger partial charge in [0.25, 0.3) is 5.91 Å². The summed E-state index contributed by atoms with van der Waals surface area (Å²) in [7, 11) is -3.17. The van der Waals surface area contributed by atoms with Crippen LogP contribution in [0, 0.1) is 0 Å². The molecule has 2 aromatic carbocycles. The summed E-state index contributed by atoms with van der Waals surface area (Å²) < 4.78 is 22.3. The quantitative estimate of drug-likeness (QED) is 0.184. The third-order valence-corrected chi connectivity index (χ3v) is 7.43. The first-order valence-electron chi connectivity index (χ1n) is 12.1. The lowest BCUT2D eigenvalue weighted by molar-refractivity contribution is 0.0571. The molecule has 1 aliphatic carbocycles. The van der Waals surface area contributed by atoms with E-state index in [2.05, 4.69) is 25.6 Å². The van der Waals surface area contributed by atoms with Crippen LogP contribution in [0.4, 0.5) is 10.5 Å². The van der Waals surface area contributed by atoms with Crippen molar-refractivity contribution in [3.8, 4) is 0 Å². The second kappa shape index (κ2) is 9.48. The van der Waals surface area contributed by atoms with Gasteiger partial charge in [-0.1, -0.05) is 19.9 Å². The second-order valence-corrected chi connectivity index (χ2v) is 12.7. The van der Waals surface area contributed by atoms with Crippen LogP contribution in [-0.2, 0) is 20.0 Å². The van der Waals surface area contributed by atoms with Gasteiger partial charge in [0, 0.05) is 51.9 Å². The minimum absolute atomic E-state index is 0.0837. The number of aromatic nitrogens is 1. The average Bonchev–Trinajstić information content (AvgIpc) is 3.18. The van der Waals surface area contributed by atoms with E-state index < -0.39 is 27.0 Å². The number of nitrogen functional groups attached to an aromatic ring is 1. The van der Waals surface area contributed by atoms with Crippen LogP contribution in [0.5, 0.6) is 0 Å². The molecule has 0 radical (unpaired) electrons. The van der Waals surface area contributed by atoms with Gasteiger partial charge in [0.1, 0.15) is 15.5 Å². The van der Waals surface area contributed by atoms with Crippen LogP contribution in [0.2, 0.25) is 0 Å². The standard InChI is InChI=1S/C27H33N5O5S/c1-26(2,3)37-25(35)32-38(6,36)30-12-11-29-24(34)15-7-9-17-19(13-15)27(4,5)23-21(22(17)33)18-10-8-16(28)14-20(18)31-23/h7-10,13-14,31H,6,11-12,28H2,1-5H3,(H,29,34)(H2,30,32,35,36). The number of hydrogen-bond donors (Lipinski definition) is 5. The van der Waals surface area contributed by atoms with Gasteiger partial charge in [0.2, 0.25) is 0 Å². The Labute approximate surface area is 222 Å². The molecule has 0 fully saturated rings. The Morgan fingerprint density at radius 2 is 1.84 bits per heavy atom. The van der Waals surface area contributed by atoms with Crippen molar-refractivity contribution in [2.24, 2.45) is 0 Å². The third kappa shape index (κ3) is 5.39. The van der Waals surface area contributed by atoms with Crippen LogP contribution in [0.3, 0.4) is 0 Å². The van der Waals surface area contributed by atoms with Gasteiger partial charge in [-0.2, -0.15) is 0 Å². The van der Waals surface area contributed by atoms with Crippen LogP contribution in [0.1, 0.15) is 72.2 Å². The fraction of sp³-hybridized carbons (Fsp3) is 0.333. The average molecular weight is 540 g/mol. The number of aromatic amines is 1. The Morgan fingerprint density at radius 3 is 2.53 bits per heavy atom. The molecule has 0 saturated heterocycles. The van der Waals surface area contributed by atoms with Crippen LogP contribution in [-0.4, -0.2) is 51.5 Å². The molecule has 6 N–H and O–H groups in total. The maximum Gasteiger partial charge on any atom is 0.420 e. The molecule has 2 amide bonds. The Hall–Kier alpha value is -3.83. The number of nitrogens with one attached hydrogen (secondary N) is 4. The predicted octanol–water partition coefficient (Wildman–Crippen LogP) is 3.01. The van der Waals surface area contributed by atoms with E-state index in [1.54, 1.807) is 45.0 Å². The normalized spacial score (nSPS) is 15.8. The zero-order chi connectivity index (χ0) is 28.0. The Kier molecular flexibility index (Phi) is 6.79. The topological polar surface area (TPSA) is 155 Å². The largest absolute Gasteiger partial charge is 0.443 e. The van der Waals surface area contributed by atoms with Crippen molar-refractivity contribution in [1.82, 2.24) is 19.7 Å². The van der Waals surface area contributed by atoms with Crippen molar-refractivity contribution in [2.45, 2.75) is 45.6 Å². The molecule has 10 nitrogen and oxygen atoms in total. The van der Waals surface area contributed by atoms with Crippen molar-refractivity contribution < 1.29 is 23.3 Å². The van der Waals surface area contributed by atoms with Crippen molar-refractivity contribution >= 4 is 50.1 Å². The summed E-state index contributed by atoms with van der Waals surface area (Å²) >= 11 is 0. The molecule has 4 rings (SSSR count). The number of rotatable bonds is 6. The molecule has 38 heavy (non-hydrogen) atoms. The van der Waals surface area contributed by atoms with E-state index in [1.165, 1.54) is 0 Å². The van der Waals surface area contributed by atoms with Gasteiger partial charge in [-0.3, -0.25) is 9.59 Å². The highest BCUT2D eigenvalue weighted by Crippen LogP contribution is 2.44. The van der Waals surface area contributed by atoms with Crippen molar-refractivity contribution in [2.75, 3.05) is 18.8 Å². The van der Waals surface area contributed by atoms with E-state index >= 15 is 0 Å². The van der Waals surface area contributed by atoms with E-state index in [0.717, 1.165) is 22.2 Å². The first-order valence-corrected chi connectivity index (χ1v) is 13.8. The highest BCUT2D eigenvalue weighted by Gasteiger charge is 2.40. The van der Waals surface area contributed by atoms with Crippen LogP contribution in [0.15, 0.2) is 36.4 Å². The molecule has 1 heterocycles. The van der Waals surface area contributed by atoms with Crippen LogP contribution in [0.25, 0.3) is 10.9 Å². The zero-order valence-corrected chi connectivity index (χ0v) is 22.9. The van der Waals surface area contributed by atoms with Gasteiger partial charge < -0.3 is 20.8 Å². The summed E-state index contributed by atoms with van der Waals surface area (Å²) in [5.74, 6) is 3.01. The maximum atomic E-state index is 13.5. The monoisotopic (exact) mass is 539 g/mol. The lowest BCUT2D eigenvalue weighted by Crippen LogP contribution is -2.44. The highest BCUT2D eigenvalue weighted by molar-refractivity contribution is 7.97. The number of hydrogen-bond acceptors (Lipinski definition) is 6. The molecular weight excluding hydrogens is 506 g/mol. The van der Waals surface area contributed by atoms with Crippen molar-refractivity contribution in [1.29, 1.82) is 0 Å². The summed E-state index contributed by atoms with van der Waals surface area (Å²) in [5.41, 5.74) is 9.08. The summed E-state index contributed by atoms with van der Waals surface area (Å²) in [4.78, 5) is 41.6. The van der Waals surface area contributed by atoms with Crippen molar-refractivity contribution in [3.63, 3.8) is 0 Å². The Morgan fingerprint density at radius 1 is 1.13 bits per heavy atom. The SMILES string of the molecule is C=S(=O)(NCCNC(=O)c1ccc2c(c1)C(C)(C)c1[nH]c3cc(N)ccc3c1C2=O)NC(=O)OC(C)(C)C. The molecule has 1 aliphatic rings. The summed E-state index contributed by atoms with van der Waals surface area (Å²) in [6.45, 7) is 9.28. The smallest absolute Gasteiger partial charge is 0.420 e. The maximum absolute atomic E-state index is 13.5. The van der Waals surface area contributed by atoms with E-state index in [1.807, 2.05) is 26.0 Å². The Balaban J connectivity index is 1.45. The van der Waals surface area contributed by atoms with Gasteiger partial charge in [-0.25, -0.2) is 18.4 Å². The lowest BCUT2D eigenvalue weighted by Gasteiger charge is -2.32. The third-order valence-electron chi connectivity index (χ3n) is 6.27. The fourth-order valence-corrected chi connectivity index (χ4v) is 5.37. The molecule has 0 aliphatic heterocycles. The molecular formula is C27H33N5O5S. The zero-order valence-electron chi connectivity index (χ0n) is 22.1. The molecule has 0 saturated carbocycles.